The summed E-state index contributed by atoms with van der Waals surface area (Å²) in [5.41, 5.74) is 3.79. The molecule has 3 aromatic rings. The van der Waals surface area contributed by atoms with E-state index in [1.807, 2.05) is 56.3 Å². The molecule has 1 heterocycles. The van der Waals surface area contributed by atoms with Gasteiger partial charge in [-0.15, -0.1) is 0 Å². The topological polar surface area (TPSA) is 73.2 Å². The van der Waals surface area contributed by atoms with E-state index in [9.17, 15) is 9.59 Å². The van der Waals surface area contributed by atoms with Crippen molar-refractivity contribution < 1.29 is 14.3 Å². The lowest BCUT2D eigenvalue weighted by Gasteiger charge is -2.14. The van der Waals surface area contributed by atoms with Gasteiger partial charge in [0.25, 0.3) is 5.91 Å². The molecule has 2 aromatic carbocycles. The Balaban J connectivity index is 1.75. The van der Waals surface area contributed by atoms with Gasteiger partial charge in [-0.2, -0.15) is 5.10 Å². The van der Waals surface area contributed by atoms with Crippen LogP contribution in [0, 0.1) is 13.8 Å². The van der Waals surface area contributed by atoms with Crippen LogP contribution in [-0.2, 0) is 14.9 Å². The molecule has 0 radical (unpaired) electrons. The normalized spacial score (nSPS) is 11.2. The minimum atomic E-state index is -0.515. The number of benzene rings is 2. The number of anilines is 1. The van der Waals surface area contributed by atoms with E-state index < -0.39 is 11.9 Å². The van der Waals surface area contributed by atoms with E-state index in [1.165, 1.54) is 0 Å². The lowest BCUT2D eigenvalue weighted by atomic mass is 9.92. The van der Waals surface area contributed by atoms with Crippen LogP contribution in [-0.4, -0.2) is 28.3 Å². The van der Waals surface area contributed by atoms with Crippen molar-refractivity contribution in [1.82, 2.24) is 9.78 Å². The number of nitrogens with zero attached hydrogens (tertiary/aromatic N) is 2. The third kappa shape index (κ3) is 4.76. The van der Waals surface area contributed by atoms with Crippen LogP contribution in [0.1, 0.15) is 48.0 Å². The summed E-state index contributed by atoms with van der Waals surface area (Å²) >= 11 is 0. The quantitative estimate of drug-likeness (QED) is 0.631. The Morgan fingerprint density at radius 1 is 1.03 bits per heavy atom. The Labute approximate surface area is 176 Å². The summed E-state index contributed by atoms with van der Waals surface area (Å²) in [5, 5.41) is 7.48. The minimum Gasteiger partial charge on any atom is -0.452 e. The Kier molecular flexibility index (Phi) is 6.06. The number of para-hydroxylation sites is 1. The molecule has 0 aliphatic heterocycles. The average molecular weight is 405 g/mol. The van der Waals surface area contributed by atoms with Crippen molar-refractivity contribution in [2.75, 3.05) is 11.9 Å². The van der Waals surface area contributed by atoms with Gasteiger partial charge in [-0.05, 0) is 43.2 Å². The van der Waals surface area contributed by atoms with Crippen molar-refractivity contribution in [2.45, 2.75) is 40.0 Å². The van der Waals surface area contributed by atoms with Crippen molar-refractivity contribution in [3.63, 3.8) is 0 Å². The first kappa shape index (κ1) is 21.3. The number of ether oxygens (including phenoxy) is 1. The fourth-order valence-corrected chi connectivity index (χ4v) is 2.96. The molecule has 1 aromatic heterocycles. The Morgan fingerprint density at radius 2 is 1.73 bits per heavy atom. The zero-order chi connectivity index (χ0) is 21.9. The van der Waals surface area contributed by atoms with Gasteiger partial charge in [-0.1, -0.05) is 51.1 Å². The van der Waals surface area contributed by atoms with Gasteiger partial charge < -0.3 is 10.1 Å². The molecule has 0 fully saturated rings. The Hall–Kier alpha value is -3.41. The highest BCUT2D eigenvalue weighted by molar-refractivity contribution is 5.96. The first-order chi connectivity index (χ1) is 14.2. The molecular formula is C24H27N3O3. The number of nitrogens with one attached hydrogen (secondary N) is 1. The van der Waals surface area contributed by atoms with Crippen molar-refractivity contribution in [2.24, 2.45) is 0 Å². The molecule has 0 saturated carbocycles. The lowest BCUT2D eigenvalue weighted by molar-refractivity contribution is -0.119. The molecule has 3 rings (SSSR count). The third-order valence-electron chi connectivity index (χ3n) is 4.90. The van der Waals surface area contributed by atoms with Crippen molar-refractivity contribution >= 4 is 17.7 Å². The van der Waals surface area contributed by atoms with Crippen LogP contribution in [0.4, 0.5) is 5.82 Å². The lowest BCUT2D eigenvalue weighted by Crippen LogP contribution is -2.22. The predicted molar refractivity (Wildman–Crippen MR) is 117 cm³/mol. The number of rotatable bonds is 5. The van der Waals surface area contributed by atoms with Crippen molar-refractivity contribution in [3.8, 4) is 5.69 Å². The van der Waals surface area contributed by atoms with Crippen LogP contribution >= 0.6 is 0 Å². The van der Waals surface area contributed by atoms with Gasteiger partial charge in [0.2, 0.25) is 0 Å². The molecule has 0 aliphatic rings. The van der Waals surface area contributed by atoms with Crippen LogP contribution in [0.15, 0.2) is 54.6 Å². The summed E-state index contributed by atoms with van der Waals surface area (Å²) in [5.74, 6) is -0.414. The molecule has 1 N–H and O–H groups in total. The summed E-state index contributed by atoms with van der Waals surface area (Å²) in [6.07, 6.45) is 0. The van der Waals surface area contributed by atoms with Gasteiger partial charge in [0, 0.05) is 11.5 Å². The van der Waals surface area contributed by atoms with Crippen LogP contribution < -0.4 is 5.32 Å². The maximum Gasteiger partial charge on any atom is 0.338 e. The second-order valence-corrected chi connectivity index (χ2v) is 8.28. The van der Waals surface area contributed by atoms with Gasteiger partial charge in [-0.3, -0.25) is 4.79 Å². The van der Waals surface area contributed by atoms with E-state index in [4.69, 9.17) is 4.74 Å². The monoisotopic (exact) mass is 405 g/mol. The molecule has 0 unspecified atom stereocenters. The van der Waals surface area contributed by atoms with E-state index in [1.54, 1.807) is 16.8 Å². The second kappa shape index (κ2) is 8.53. The van der Waals surface area contributed by atoms with Crippen molar-refractivity contribution in [3.05, 3.63) is 77.0 Å². The number of aryl methyl sites for hydroxylation is 1. The van der Waals surface area contributed by atoms with Crippen molar-refractivity contribution in [1.29, 1.82) is 0 Å². The number of carbonyl (C=O) groups excluding carboxylic acids is 2. The molecule has 30 heavy (non-hydrogen) atoms. The molecule has 6 nitrogen and oxygen atoms in total. The van der Waals surface area contributed by atoms with Gasteiger partial charge >= 0.3 is 5.97 Å². The highest BCUT2D eigenvalue weighted by atomic mass is 16.5. The van der Waals surface area contributed by atoms with Gasteiger partial charge in [-0.25, -0.2) is 9.48 Å². The smallest absolute Gasteiger partial charge is 0.338 e. The number of hydrogen-bond acceptors (Lipinski definition) is 4. The van der Waals surface area contributed by atoms with Crippen LogP contribution in [0.5, 0.6) is 0 Å². The molecular weight excluding hydrogens is 378 g/mol. The van der Waals surface area contributed by atoms with Crippen LogP contribution in [0.3, 0.4) is 0 Å². The first-order valence-electron chi connectivity index (χ1n) is 9.86. The summed E-state index contributed by atoms with van der Waals surface area (Å²) < 4.78 is 6.92. The van der Waals surface area contributed by atoms with Gasteiger partial charge in [0.05, 0.1) is 16.9 Å². The highest BCUT2D eigenvalue weighted by Gasteiger charge is 2.22. The Bertz CT molecular complexity index is 1060. The number of hydrogen-bond donors (Lipinski definition) is 1. The zero-order valence-corrected chi connectivity index (χ0v) is 18.0. The Morgan fingerprint density at radius 3 is 2.40 bits per heavy atom. The molecule has 0 atom stereocenters. The fourth-order valence-electron chi connectivity index (χ4n) is 2.96. The molecule has 0 bridgehead atoms. The minimum absolute atomic E-state index is 0.186. The first-order valence-corrected chi connectivity index (χ1v) is 9.86. The number of aromatic nitrogens is 2. The van der Waals surface area contributed by atoms with Crippen LogP contribution in [0.25, 0.3) is 5.69 Å². The number of esters is 1. The fraction of sp³-hybridized carbons (Fsp3) is 0.292. The molecule has 1 amide bonds. The largest absolute Gasteiger partial charge is 0.452 e. The van der Waals surface area contributed by atoms with Crippen LogP contribution in [0.2, 0.25) is 0 Å². The SMILES string of the molecule is Cc1cccc(C(=O)OCC(=O)Nc2cc(C(C)(C)C)nn2-c2ccccc2)c1C. The average Bonchev–Trinajstić information content (AvgIpc) is 3.13. The second-order valence-electron chi connectivity index (χ2n) is 8.28. The summed E-state index contributed by atoms with van der Waals surface area (Å²) in [6.45, 7) is 9.58. The molecule has 0 saturated heterocycles. The maximum atomic E-state index is 12.5. The molecule has 156 valence electrons. The van der Waals surface area contributed by atoms with E-state index in [0.717, 1.165) is 22.5 Å². The number of carbonyl (C=O) groups is 2. The molecule has 0 spiro atoms. The number of amides is 1. The molecule has 0 aliphatic carbocycles. The standard InChI is InChI=1S/C24H27N3O3/c1-16-10-9-13-19(17(16)2)23(29)30-15-22(28)25-21-14-20(24(3,4)5)26-27(21)18-11-7-6-8-12-18/h6-14H,15H2,1-5H3,(H,25,28). The summed E-state index contributed by atoms with van der Waals surface area (Å²) in [7, 11) is 0. The zero-order valence-electron chi connectivity index (χ0n) is 18.0. The highest BCUT2D eigenvalue weighted by Crippen LogP contribution is 2.26. The summed E-state index contributed by atoms with van der Waals surface area (Å²) in [4.78, 5) is 24.9. The van der Waals surface area contributed by atoms with E-state index in [2.05, 4.69) is 31.2 Å². The van der Waals surface area contributed by atoms with E-state index >= 15 is 0 Å². The van der Waals surface area contributed by atoms with E-state index in [0.29, 0.717) is 11.4 Å². The van der Waals surface area contributed by atoms with Gasteiger partial charge in [0.15, 0.2) is 6.61 Å². The predicted octanol–water partition coefficient (Wildman–Crippen LogP) is 4.58. The molecule has 6 heteroatoms. The maximum absolute atomic E-state index is 12.5. The van der Waals surface area contributed by atoms with Gasteiger partial charge in [0.1, 0.15) is 5.82 Å². The third-order valence-corrected chi connectivity index (χ3v) is 4.90. The van der Waals surface area contributed by atoms with E-state index in [-0.39, 0.29) is 12.0 Å². The summed E-state index contributed by atoms with van der Waals surface area (Å²) in [6, 6.07) is 16.8.